The van der Waals surface area contributed by atoms with Crippen molar-refractivity contribution in [2.75, 3.05) is 39.3 Å². The molecule has 9 nitrogen and oxygen atoms in total. The van der Waals surface area contributed by atoms with E-state index in [1.165, 1.54) is 0 Å². The van der Waals surface area contributed by atoms with Crippen LogP contribution in [0.15, 0.2) is 71.7 Å². The number of benzene rings is 3. The van der Waals surface area contributed by atoms with Crippen molar-refractivity contribution in [1.29, 1.82) is 0 Å². The lowest BCUT2D eigenvalue weighted by Crippen LogP contribution is -2.56. The van der Waals surface area contributed by atoms with Crippen LogP contribution in [0.4, 0.5) is 4.79 Å². The molecule has 2 unspecified atom stereocenters. The first kappa shape index (κ1) is 37.7. The lowest BCUT2D eigenvalue weighted by molar-refractivity contribution is -0.134. The number of halogens is 2. The van der Waals surface area contributed by atoms with Crippen LogP contribution in [0.3, 0.4) is 0 Å². The van der Waals surface area contributed by atoms with Gasteiger partial charge in [-0.25, -0.2) is 4.79 Å². The summed E-state index contributed by atoms with van der Waals surface area (Å²) >= 11 is 12.6. The SMILES string of the molecule is C#CCCCC(=O)NCC(=O)N1CCN(C(=O)N2C(c3ccc(C(C)(C)C)cc3OCC)=NC(c3ccc(Cl)cc3)C2c2ccc(Cl)cc2)CC1. The van der Waals surface area contributed by atoms with Crippen molar-refractivity contribution < 1.29 is 19.1 Å². The normalized spacial score (nSPS) is 17.5. The second-order valence-electron chi connectivity index (χ2n) is 13.7. The monoisotopic (exact) mass is 729 g/mol. The first-order valence-electron chi connectivity index (χ1n) is 17.3. The smallest absolute Gasteiger partial charge is 0.326 e. The Morgan fingerprint density at radius 2 is 1.53 bits per heavy atom. The third kappa shape index (κ3) is 9.05. The van der Waals surface area contributed by atoms with Gasteiger partial charge in [0, 0.05) is 49.1 Å². The summed E-state index contributed by atoms with van der Waals surface area (Å²) < 4.78 is 6.23. The van der Waals surface area contributed by atoms with Crippen LogP contribution in [0, 0.1) is 12.3 Å². The van der Waals surface area contributed by atoms with E-state index in [0.717, 1.165) is 16.7 Å². The van der Waals surface area contributed by atoms with Gasteiger partial charge in [0.1, 0.15) is 17.6 Å². The van der Waals surface area contributed by atoms with Gasteiger partial charge >= 0.3 is 6.03 Å². The zero-order valence-corrected chi connectivity index (χ0v) is 31.1. The van der Waals surface area contributed by atoms with Gasteiger partial charge in [0.25, 0.3) is 0 Å². The molecule has 2 atom stereocenters. The molecule has 5 rings (SSSR count). The largest absolute Gasteiger partial charge is 0.493 e. The molecular formula is C40H45Cl2N5O4. The standard InChI is InChI=1S/C40H45Cl2N5O4/c1-6-8-9-10-34(48)43-26-35(49)45-21-23-46(24-22-45)39(50)47-37(28-13-18-31(42)19-14-28)36(27-11-16-30(41)17-12-27)44-38(47)32-20-15-29(40(3,4)5)25-33(32)51-7-2/h1,11-20,25,36-37H,7-10,21-24,26H2,2-5H3,(H,43,48). The van der Waals surface area contributed by atoms with Crippen LogP contribution in [0.2, 0.25) is 10.0 Å². The first-order chi connectivity index (χ1) is 24.4. The Hall–Kier alpha value is -4.52. The second-order valence-corrected chi connectivity index (χ2v) is 14.6. The molecule has 4 amide bonds. The van der Waals surface area contributed by atoms with Crippen molar-refractivity contribution in [3.8, 4) is 18.1 Å². The first-order valence-corrected chi connectivity index (χ1v) is 18.1. The Morgan fingerprint density at radius 1 is 0.922 bits per heavy atom. The molecule has 268 valence electrons. The maximum Gasteiger partial charge on any atom is 0.326 e. The highest BCUT2D eigenvalue weighted by Gasteiger charge is 2.45. The lowest BCUT2D eigenvalue weighted by Gasteiger charge is -2.39. The summed E-state index contributed by atoms with van der Waals surface area (Å²) in [6.45, 7) is 9.99. The van der Waals surface area contributed by atoms with Crippen LogP contribution in [0.25, 0.3) is 0 Å². The van der Waals surface area contributed by atoms with Crippen molar-refractivity contribution in [3.05, 3.63) is 99.0 Å². The van der Waals surface area contributed by atoms with E-state index in [-0.39, 0.29) is 36.2 Å². The molecule has 11 heteroatoms. The zero-order valence-electron chi connectivity index (χ0n) is 29.6. The predicted molar refractivity (Wildman–Crippen MR) is 202 cm³/mol. The summed E-state index contributed by atoms with van der Waals surface area (Å²) in [5, 5.41) is 3.87. The van der Waals surface area contributed by atoms with Crippen LogP contribution < -0.4 is 10.1 Å². The summed E-state index contributed by atoms with van der Waals surface area (Å²) in [7, 11) is 0. The topological polar surface area (TPSA) is 94.5 Å². The molecule has 1 N–H and O–H groups in total. The Balaban J connectivity index is 1.49. The van der Waals surface area contributed by atoms with Crippen molar-refractivity contribution >= 4 is 46.9 Å². The minimum Gasteiger partial charge on any atom is -0.493 e. The minimum atomic E-state index is -0.521. The van der Waals surface area contributed by atoms with E-state index in [2.05, 4.69) is 38.1 Å². The van der Waals surface area contributed by atoms with E-state index < -0.39 is 12.1 Å². The fourth-order valence-electron chi connectivity index (χ4n) is 6.33. The van der Waals surface area contributed by atoms with Crippen molar-refractivity contribution in [3.63, 3.8) is 0 Å². The number of rotatable bonds is 10. The number of nitrogens with zero attached hydrogens (tertiary/aromatic N) is 4. The van der Waals surface area contributed by atoms with Crippen LogP contribution in [-0.4, -0.2) is 77.7 Å². The van der Waals surface area contributed by atoms with Gasteiger partial charge in [-0.2, -0.15) is 0 Å². The summed E-state index contributed by atoms with van der Waals surface area (Å²) in [6, 6.07) is 19.9. The summed E-state index contributed by atoms with van der Waals surface area (Å²) in [5.74, 6) is 3.25. The molecule has 0 bridgehead atoms. The number of hydrogen-bond acceptors (Lipinski definition) is 5. The molecule has 3 aromatic carbocycles. The number of carbonyl (C=O) groups excluding carboxylic acids is 3. The number of amidine groups is 1. The fraction of sp³-hybridized carbons (Fsp3) is 0.400. The molecule has 51 heavy (non-hydrogen) atoms. The van der Waals surface area contributed by atoms with E-state index in [1.807, 2.05) is 67.6 Å². The molecule has 0 spiro atoms. The van der Waals surface area contributed by atoms with E-state index in [1.54, 1.807) is 14.7 Å². The molecule has 2 aliphatic rings. The van der Waals surface area contributed by atoms with Gasteiger partial charge in [-0.15, -0.1) is 12.3 Å². The Kier molecular flexibility index (Phi) is 12.3. The van der Waals surface area contributed by atoms with Crippen LogP contribution in [-0.2, 0) is 15.0 Å². The predicted octanol–water partition coefficient (Wildman–Crippen LogP) is 7.42. The highest BCUT2D eigenvalue weighted by molar-refractivity contribution is 6.30. The molecule has 0 aliphatic carbocycles. The average Bonchev–Trinajstić information content (AvgIpc) is 3.51. The number of piperazine rings is 1. The second kappa shape index (κ2) is 16.7. The highest BCUT2D eigenvalue weighted by Crippen LogP contribution is 2.46. The van der Waals surface area contributed by atoms with E-state index in [0.29, 0.717) is 72.8 Å². The minimum absolute atomic E-state index is 0.0993. The number of aliphatic imine (C=N–C) groups is 1. The highest BCUT2D eigenvalue weighted by atomic mass is 35.5. The zero-order chi connectivity index (χ0) is 36.7. The number of ether oxygens (including phenoxy) is 1. The van der Waals surface area contributed by atoms with Crippen LogP contribution in [0.1, 0.15) is 81.3 Å². The number of amides is 4. The number of hydrogen-bond donors (Lipinski definition) is 1. The van der Waals surface area contributed by atoms with E-state index in [4.69, 9.17) is 39.4 Å². The Morgan fingerprint density at radius 3 is 2.12 bits per heavy atom. The Labute approximate surface area is 310 Å². The molecule has 1 saturated heterocycles. The molecule has 3 aromatic rings. The average molecular weight is 731 g/mol. The number of unbranched alkanes of at least 4 members (excludes halogenated alkanes) is 1. The maximum absolute atomic E-state index is 14.9. The van der Waals surface area contributed by atoms with Gasteiger partial charge in [-0.3, -0.25) is 19.5 Å². The van der Waals surface area contributed by atoms with Gasteiger partial charge in [0.2, 0.25) is 11.8 Å². The maximum atomic E-state index is 14.9. The molecule has 2 aliphatic heterocycles. The molecule has 2 heterocycles. The van der Waals surface area contributed by atoms with Gasteiger partial charge in [0.15, 0.2) is 0 Å². The molecule has 0 aromatic heterocycles. The third-order valence-electron chi connectivity index (χ3n) is 9.15. The number of terminal acetylenes is 1. The summed E-state index contributed by atoms with van der Waals surface area (Å²) in [4.78, 5) is 50.5. The number of urea groups is 1. The third-order valence-corrected chi connectivity index (χ3v) is 9.65. The number of nitrogens with one attached hydrogen (secondary N) is 1. The lowest BCUT2D eigenvalue weighted by atomic mass is 9.86. The van der Waals surface area contributed by atoms with Crippen molar-refractivity contribution in [2.45, 2.75) is 64.5 Å². The van der Waals surface area contributed by atoms with Crippen LogP contribution >= 0.6 is 23.2 Å². The van der Waals surface area contributed by atoms with Gasteiger partial charge in [-0.05, 0) is 71.8 Å². The summed E-state index contributed by atoms with van der Waals surface area (Å²) in [5.41, 5.74) is 3.44. The van der Waals surface area contributed by atoms with Crippen molar-refractivity contribution in [1.82, 2.24) is 20.0 Å². The van der Waals surface area contributed by atoms with Gasteiger partial charge < -0.3 is 19.9 Å². The molecular weight excluding hydrogens is 685 g/mol. The summed E-state index contributed by atoms with van der Waals surface area (Å²) in [6.07, 6.45) is 6.62. The fourth-order valence-corrected chi connectivity index (χ4v) is 6.58. The van der Waals surface area contributed by atoms with E-state index >= 15 is 0 Å². The molecule has 0 saturated carbocycles. The van der Waals surface area contributed by atoms with Crippen LogP contribution in [0.5, 0.6) is 5.75 Å². The molecule has 0 radical (unpaired) electrons. The van der Waals surface area contributed by atoms with Gasteiger partial charge in [0.05, 0.1) is 24.8 Å². The van der Waals surface area contributed by atoms with Gasteiger partial charge in [-0.1, -0.05) is 74.3 Å². The van der Waals surface area contributed by atoms with Crippen molar-refractivity contribution in [2.24, 2.45) is 4.99 Å². The quantitative estimate of drug-likeness (QED) is 0.174. The Bertz CT molecular complexity index is 1790. The number of carbonyl (C=O) groups is 3. The molecule has 1 fully saturated rings. The van der Waals surface area contributed by atoms with E-state index in [9.17, 15) is 14.4 Å².